The minimum absolute atomic E-state index is 0. The molecule has 10 rings (SSSR count). The Balaban J connectivity index is 0.00000302. The van der Waals surface area contributed by atoms with Crippen molar-refractivity contribution in [2.24, 2.45) is 0 Å². The zero-order chi connectivity index (χ0) is 30.2. The van der Waals surface area contributed by atoms with Crippen molar-refractivity contribution in [2.75, 3.05) is 0 Å². The Morgan fingerprint density at radius 1 is 0.596 bits per heavy atom. The fourth-order valence-electron chi connectivity index (χ4n) is 6.99. The van der Waals surface area contributed by atoms with E-state index in [0.29, 0.717) is 0 Å². The molecule has 0 N–H and O–H groups in total. The van der Waals surface area contributed by atoms with Crippen molar-refractivity contribution in [3.8, 4) is 32.9 Å². The third-order valence-corrected chi connectivity index (χ3v) is 10.3. The van der Waals surface area contributed by atoms with Gasteiger partial charge in [0.1, 0.15) is 0 Å². The molecular formula is C41H25IrN4S-. The molecule has 0 saturated heterocycles. The SMILES string of the molecule is [Ir].[c-]1cn(-c2ccccc2)c2c1c1nccn1c1sc(-c3cccc(-c4ccc5c(c4)c4ccccc4n5-c4ccccc4)c3)cc21. The normalized spacial score (nSPS) is 11.7. The summed E-state index contributed by atoms with van der Waals surface area (Å²) in [4.78, 5) is 7.13. The predicted octanol–water partition coefficient (Wildman–Crippen LogP) is 10.7. The number of aromatic nitrogens is 4. The molecule has 0 spiro atoms. The molecule has 0 aliphatic heterocycles. The van der Waals surface area contributed by atoms with Crippen molar-refractivity contribution >= 4 is 59.9 Å². The van der Waals surface area contributed by atoms with Crippen LogP contribution in [0.25, 0.3) is 81.5 Å². The molecule has 0 atom stereocenters. The Kier molecular flexibility index (Phi) is 6.51. The second-order valence-electron chi connectivity index (χ2n) is 11.7. The zero-order valence-corrected chi connectivity index (χ0v) is 28.2. The van der Waals surface area contributed by atoms with Crippen molar-refractivity contribution in [3.63, 3.8) is 0 Å². The summed E-state index contributed by atoms with van der Waals surface area (Å²) in [5.41, 5.74) is 10.4. The summed E-state index contributed by atoms with van der Waals surface area (Å²) < 4.78 is 6.81. The van der Waals surface area contributed by atoms with Crippen LogP contribution in [0.5, 0.6) is 0 Å². The van der Waals surface area contributed by atoms with Crippen molar-refractivity contribution < 1.29 is 20.1 Å². The van der Waals surface area contributed by atoms with Gasteiger partial charge in [0.05, 0.1) is 15.9 Å². The summed E-state index contributed by atoms with van der Waals surface area (Å²) in [6, 6.07) is 51.5. The molecule has 5 aromatic heterocycles. The molecule has 47 heavy (non-hydrogen) atoms. The van der Waals surface area contributed by atoms with E-state index >= 15 is 0 Å². The van der Waals surface area contributed by atoms with E-state index in [1.165, 1.54) is 59.3 Å². The molecule has 0 bridgehead atoms. The quantitative estimate of drug-likeness (QED) is 0.163. The number of fused-ring (bicyclic) bond motifs is 9. The maximum absolute atomic E-state index is 4.73. The Hall–Kier alpha value is -5.26. The Labute approximate surface area is 288 Å². The van der Waals surface area contributed by atoms with Gasteiger partial charge in [-0.2, -0.15) is 6.07 Å². The summed E-state index contributed by atoms with van der Waals surface area (Å²) >= 11 is 1.81. The maximum atomic E-state index is 4.73. The van der Waals surface area contributed by atoms with Gasteiger partial charge >= 0.3 is 0 Å². The maximum Gasteiger partial charge on any atom is 0.0871 e. The second-order valence-corrected chi connectivity index (χ2v) is 12.7. The zero-order valence-electron chi connectivity index (χ0n) is 25.0. The number of thiophene rings is 1. The molecule has 0 amide bonds. The van der Waals surface area contributed by atoms with Gasteiger partial charge in [-0.15, -0.1) is 16.7 Å². The van der Waals surface area contributed by atoms with Crippen LogP contribution < -0.4 is 0 Å². The fourth-order valence-corrected chi connectivity index (χ4v) is 8.14. The molecule has 225 valence electrons. The first kappa shape index (κ1) is 28.0. The van der Waals surface area contributed by atoms with Crippen molar-refractivity contribution in [1.82, 2.24) is 18.5 Å². The molecule has 0 saturated carbocycles. The Bertz CT molecular complexity index is 2750. The summed E-state index contributed by atoms with van der Waals surface area (Å²) in [6.45, 7) is 0. The van der Waals surface area contributed by atoms with Gasteiger partial charge in [-0.25, -0.2) is 0 Å². The number of hydrogen-bond acceptors (Lipinski definition) is 2. The first-order valence-corrected chi connectivity index (χ1v) is 16.2. The van der Waals surface area contributed by atoms with Gasteiger partial charge in [0.25, 0.3) is 0 Å². The smallest absolute Gasteiger partial charge is 0.0871 e. The summed E-state index contributed by atoms with van der Waals surface area (Å²) in [5.74, 6) is 0. The molecule has 0 aliphatic rings. The van der Waals surface area contributed by atoms with Gasteiger partial charge in [0.2, 0.25) is 0 Å². The van der Waals surface area contributed by atoms with Gasteiger partial charge in [-0.1, -0.05) is 85.1 Å². The van der Waals surface area contributed by atoms with E-state index < -0.39 is 0 Å². The molecule has 10 aromatic rings. The van der Waals surface area contributed by atoms with E-state index in [9.17, 15) is 0 Å². The van der Waals surface area contributed by atoms with Crippen LogP contribution in [0.1, 0.15) is 0 Å². The first-order valence-electron chi connectivity index (χ1n) is 15.4. The van der Waals surface area contributed by atoms with Crippen molar-refractivity contribution in [3.05, 3.63) is 158 Å². The molecular weight excluding hydrogens is 773 g/mol. The van der Waals surface area contributed by atoms with Crippen molar-refractivity contribution in [1.29, 1.82) is 0 Å². The number of rotatable bonds is 4. The molecule has 5 aromatic carbocycles. The Morgan fingerprint density at radius 2 is 1.32 bits per heavy atom. The Morgan fingerprint density at radius 3 is 2.17 bits per heavy atom. The average molecular weight is 798 g/mol. The number of hydrogen-bond donors (Lipinski definition) is 0. The molecule has 0 fully saturated rings. The molecule has 1 radical (unpaired) electrons. The van der Waals surface area contributed by atoms with Crippen LogP contribution >= 0.6 is 11.3 Å². The van der Waals surface area contributed by atoms with Crippen LogP contribution in [0, 0.1) is 6.07 Å². The monoisotopic (exact) mass is 798 g/mol. The number of imidazole rings is 1. The van der Waals surface area contributed by atoms with E-state index in [0.717, 1.165) is 22.2 Å². The third kappa shape index (κ3) is 4.26. The van der Waals surface area contributed by atoms with E-state index in [-0.39, 0.29) is 20.1 Å². The van der Waals surface area contributed by atoms with Gasteiger partial charge in [-0.3, -0.25) is 0 Å². The third-order valence-electron chi connectivity index (χ3n) is 9.07. The van der Waals surface area contributed by atoms with E-state index in [1.54, 1.807) is 0 Å². The molecule has 5 heterocycles. The molecule has 0 unspecified atom stereocenters. The van der Waals surface area contributed by atoms with Crippen LogP contribution in [0.2, 0.25) is 0 Å². The summed E-state index contributed by atoms with van der Waals surface area (Å²) in [5, 5.41) is 4.75. The second kappa shape index (κ2) is 10.9. The van der Waals surface area contributed by atoms with Crippen LogP contribution in [0.15, 0.2) is 152 Å². The fraction of sp³-hybridized carbons (Fsp3) is 0. The van der Waals surface area contributed by atoms with Gasteiger partial charge in [0, 0.05) is 65.2 Å². The van der Waals surface area contributed by atoms with Crippen LogP contribution in [-0.2, 0) is 20.1 Å². The van der Waals surface area contributed by atoms with Crippen LogP contribution in [-0.4, -0.2) is 18.5 Å². The number of benzene rings is 5. The van der Waals surface area contributed by atoms with E-state index in [1.807, 2.05) is 23.7 Å². The first-order chi connectivity index (χ1) is 22.8. The van der Waals surface area contributed by atoms with Gasteiger partial charge < -0.3 is 18.5 Å². The summed E-state index contributed by atoms with van der Waals surface area (Å²) in [7, 11) is 0. The van der Waals surface area contributed by atoms with E-state index in [4.69, 9.17) is 4.98 Å². The molecule has 4 nitrogen and oxygen atoms in total. The predicted molar refractivity (Wildman–Crippen MR) is 191 cm³/mol. The minimum atomic E-state index is 0. The number of nitrogens with zero attached hydrogens (tertiary/aromatic N) is 4. The van der Waals surface area contributed by atoms with E-state index in [2.05, 4.69) is 159 Å². The van der Waals surface area contributed by atoms with Gasteiger partial charge in [0.15, 0.2) is 0 Å². The van der Waals surface area contributed by atoms with Crippen molar-refractivity contribution in [2.45, 2.75) is 0 Å². The number of pyridine rings is 1. The van der Waals surface area contributed by atoms with Gasteiger partial charge in [-0.05, 0) is 82.2 Å². The van der Waals surface area contributed by atoms with Crippen LogP contribution in [0.4, 0.5) is 0 Å². The molecule has 0 aliphatic carbocycles. The standard InChI is InChI=1S/C41H25N4S.Ir/c1-3-12-30(13-4-1)43-22-20-33-39(43)35-26-38(46-41(35)44-23-21-42-40(33)44)29-11-9-10-27(24-29)28-18-19-37-34(25-28)32-16-7-8-17-36(32)45(37)31-14-5-2-6-15-31;/h1-19,21-26H;/q-1;. The average Bonchev–Trinajstić information content (AvgIpc) is 3.92. The summed E-state index contributed by atoms with van der Waals surface area (Å²) in [6.07, 6.45) is 5.98. The topological polar surface area (TPSA) is 27.2 Å². The largest absolute Gasteiger partial charge is 0.381 e. The minimum Gasteiger partial charge on any atom is -0.381 e. The molecule has 6 heteroatoms. The van der Waals surface area contributed by atoms with Crippen LogP contribution in [0.3, 0.4) is 0 Å². The number of para-hydroxylation sites is 3.